The number of anilines is 3. The van der Waals surface area contributed by atoms with Gasteiger partial charge in [0.05, 0.1) is 22.5 Å². The summed E-state index contributed by atoms with van der Waals surface area (Å²) in [5.74, 6) is -0.590. The molecule has 0 spiro atoms. The van der Waals surface area contributed by atoms with Gasteiger partial charge in [0, 0.05) is 10.7 Å². The number of nitrogens with zero attached hydrogens (tertiary/aromatic N) is 1. The number of hydrogen-bond acceptors (Lipinski definition) is 4. The highest BCUT2D eigenvalue weighted by molar-refractivity contribution is 6.31. The van der Waals surface area contributed by atoms with E-state index in [0.717, 1.165) is 0 Å². The fourth-order valence-corrected chi connectivity index (χ4v) is 1.91. The average Bonchev–Trinajstić information content (AvgIpc) is 2.38. The summed E-state index contributed by atoms with van der Waals surface area (Å²) in [5.41, 5.74) is 13.1. The maximum atomic E-state index is 11.4. The molecule has 0 bridgehead atoms. The summed E-state index contributed by atoms with van der Waals surface area (Å²) in [5, 5.41) is 12.5. The van der Waals surface area contributed by atoms with Crippen molar-refractivity contribution in [1.29, 1.82) is 5.26 Å². The minimum Gasteiger partial charge on any atom is -0.399 e. The fraction of sp³-hybridized carbons (Fsp3) is 0. The van der Waals surface area contributed by atoms with Crippen LogP contribution >= 0.6 is 11.6 Å². The average molecular weight is 287 g/mol. The normalized spacial score (nSPS) is 9.80. The Kier molecular flexibility index (Phi) is 3.78. The summed E-state index contributed by atoms with van der Waals surface area (Å²) in [4.78, 5) is 11.4. The van der Waals surface area contributed by atoms with Crippen LogP contribution in [0.5, 0.6) is 0 Å². The molecular weight excluding hydrogens is 276 g/mol. The van der Waals surface area contributed by atoms with Gasteiger partial charge < -0.3 is 16.8 Å². The van der Waals surface area contributed by atoms with Gasteiger partial charge in [0.25, 0.3) is 5.91 Å². The van der Waals surface area contributed by atoms with Gasteiger partial charge >= 0.3 is 0 Å². The first-order valence-electron chi connectivity index (χ1n) is 5.67. The summed E-state index contributed by atoms with van der Waals surface area (Å²) in [6, 6.07) is 11.5. The van der Waals surface area contributed by atoms with Crippen LogP contribution in [-0.4, -0.2) is 5.91 Å². The standard InChI is InChI=1S/C14H11ClN4O/c15-9-2-1-8(7-16)12(5-9)19-13-6-10(17)3-4-11(13)14(18)20/h1-6,19H,17H2,(H2,18,20). The van der Waals surface area contributed by atoms with Gasteiger partial charge in [-0.15, -0.1) is 0 Å². The van der Waals surface area contributed by atoms with Crippen molar-refractivity contribution in [3.8, 4) is 6.07 Å². The largest absolute Gasteiger partial charge is 0.399 e. The highest BCUT2D eigenvalue weighted by Crippen LogP contribution is 2.27. The lowest BCUT2D eigenvalue weighted by Gasteiger charge is -2.12. The van der Waals surface area contributed by atoms with Gasteiger partial charge in [-0.3, -0.25) is 4.79 Å². The second-order valence-electron chi connectivity index (χ2n) is 4.10. The minimum absolute atomic E-state index is 0.281. The molecule has 5 N–H and O–H groups in total. The number of nitrogens with one attached hydrogen (secondary N) is 1. The molecule has 0 unspecified atom stereocenters. The Bertz CT molecular complexity index is 722. The SMILES string of the molecule is N#Cc1ccc(Cl)cc1Nc1cc(N)ccc1C(N)=O. The lowest BCUT2D eigenvalue weighted by atomic mass is 10.1. The number of carbonyl (C=O) groups excluding carboxylic acids is 1. The molecule has 0 atom stereocenters. The zero-order valence-corrected chi connectivity index (χ0v) is 11.1. The molecule has 2 rings (SSSR count). The van der Waals surface area contributed by atoms with Crippen LogP contribution in [0.25, 0.3) is 0 Å². The lowest BCUT2D eigenvalue weighted by molar-refractivity contribution is 0.100. The summed E-state index contributed by atoms with van der Waals surface area (Å²) >= 11 is 5.91. The van der Waals surface area contributed by atoms with Crippen LogP contribution in [0.3, 0.4) is 0 Å². The van der Waals surface area contributed by atoms with Crippen LogP contribution < -0.4 is 16.8 Å². The van der Waals surface area contributed by atoms with E-state index < -0.39 is 5.91 Å². The topological polar surface area (TPSA) is 105 Å². The summed E-state index contributed by atoms with van der Waals surface area (Å²) < 4.78 is 0. The van der Waals surface area contributed by atoms with Crippen LogP contribution in [0.1, 0.15) is 15.9 Å². The molecule has 0 aliphatic carbocycles. The molecule has 20 heavy (non-hydrogen) atoms. The highest BCUT2D eigenvalue weighted by Gasteiger charge is 2.11. The lowest BCUT2D eigenvalue weighted by Crippen LogP contribution is -2.13. The third-order valence-corrected chi connectivity index (χ3v) is 2.92. The smallest absolute Gasteiger partial charge is 0.250 e. The Balaban J connectivity index is 2.50. The van der Waals surface area contributed by atoms with Crippen molar-refractivity contribution in [2.24, 2.45) is 5.73 Å². The number of halogens is 1. The van der Waals surface area contributed by atoms with Crippen molar-refractivity contribution in [3.05, 3.63) is 52.5 Å². The molecule has 2 aromatic rings. The molecule has 0 saturated carbocycles. The summed E-state index contributed by atoms with van der Waals surface area (Å²) in [6.07, 6.45) is 0. The molecule has 2 aromatic carbocycles. The van der Waals surface area contributed by atoms with Crippen molar-refractivity contribution in [2.45, 2.75) is 0 Å². The molecule has 0 saturated heterocycles. The Labute approximate surface area is 120 Å². The van der Waals surface area contributed by atoms with E-state index in [9.17, 15) is 4.79 Å². The van der Waals surface area contributed by atoms with Gasteiger partial charge in [-0.05, 0) is 36.4 Å². The Morgan fingerprint density at radius 1 is 1.20 bits per heavy atom. The van der Waals surface area contributed by atoms with Crippen molar-refractivity contribution in [1.82, 2.24) is 0 Å². The monoisotopic (exact) mass is 286 g/mol. The minimum atomic E-state index is -0.590. The molecule has 0 heterocycles. The molecule has 5 nitrogen and oxygen atoms in total. The fourth-order valence-electron chi connectivity index (χ4n) is 1.74. The van der Waals surface area contributed by atoms with Gasteiger partial charge in [-0.2, -0.15) is 5.26 Å². The second kappa shape index (κ2) is 5.51. The van der Waals surface area contributed by atoms with Crippen LogP contribution in [0, 0.1) is 11.3 Å². The third kappa shape index (κ3) is 2.82. The number of benzene rings is 2. The van der Waals surface area contributed by atoms with E-state index in [4.69, 9.17) is 28.3 Å². The maximum Gasteiger partial charge on any atom is 0.250 e. The number of nitriles is 1. The van der Waals surface area contributed by atoms with Crippen molar-refractivity contribution >= 4 is 34.6 Å². The molecule has 0 fully saturated rings. The molecule has 0 aliphatic heterocycles. The number of nitrogens with two attached hydrogens (primary N) is 2. The summed E-state index contributed by atoms with van der Waals surface area (Å²) in [6.45, 7) is 0. The van der Waals surface area contributed by atoms with E-state index >= 15 is 0 Å². The molecule has 0 aromatic heterocycles. The number of carbonyl (C=O) groups is 1. The maximum absolute atomic E-state index is 11.4. The molecule has 100 valence electrons. The number of amides is 1. The summed E-state index contributed by atoms with van der Waals surface area (Å²) in [7, 11) is 0. The quantitative estimate of drug-likeness (QED) is 0.754. The first kappa shape index (κ1) is 13.7. The van der Waals surface area contributed by atoms with Crippen molar-refractivity contribution in [2.75, 3.05) is 11.1 Å². The van der Waals surface area contributed by atoms with Gasteiger partial charge in [0.1, 0.15) is 6.07 Å². The van der Waals surface area contributed by atoms with Gasteiger partial charge in [-0.25, -0.2) is 0 Å². The van der Waals surface area contributed by atoms with Crippen molar-refractivity contribution < 1.29 is 4.79 Å². The Morgan fingerprint density at radius 2 is 1.95 bits per heavy atom. The van der Waals surface area contributed by atoms with E-state index in [1.54, 1.807) is 30.3 Å². The number of hydrogen-bond donors (Lipinski definition) is 3. The first-order chi connectivity index (χ1) is 9.51. The van der Waals surface area contributed by atoms with Gasteiger partial charge in [0.15, 0.2) is 0 Å². The van der Waals surface area contributed by atoms with E-state index in [1.165, 1.54) is 6.07 Å². The molecule has 0 radical (unpaired) electrons. The zero-order chi connectivity index (χ0) is 14.7. The van der Waals surface area contributed by atoms with E-state index in [-0.39, 0.29) is 5.56 Å². The van der Waals surface area contributed by atoms with Crippen LogP contribution in [-0.2, 0) is 0 Å². The molecule has 1 amide bonds. The predicted octanol–water partition coefficient (Wildman–Crippen LogP) is 2.64. The predicted molar refractivity (Wildman–Crippen MR) is 78.8 cm³/mol. The van der Waals surface area contributed by atoms with Crippen molar-refractivity contribution in [3.63, 3.8) is 0 Å². The molecule has 0 aliphatic rings. The van der Waals surface area contributed by atoms with Gasteiger partial charge in [-0.1, -0.05) is 11.6 Å². The number of nitrogen functional groups attached to an aromatic ring is 1. The highest BCUT2D eigenvalue weighted by atomic mass is 35.5. The van der Waals surface area contributed by atoms with E-state index in [0.29, 0.717) is 27.6 Å². The van der Waals surface area contributed by atoms with Crippen LogP contribution in [0.4, 0.5) is 17.1 Å². The van der Waals surface area contributed by atoms with Gasteiger partial charge in [0.2, 0.25) is 0 Å². The second-order valence-corrected chi connectivity index (χ2v) is 4.53. The molecular formula is C14H11ClN4O. The van der Waals surface area contributed by atoms with E-state index in [2.05, 4.69) is 5.32 Å². The number of primary amides is 1. The molecule has 6 heteroatoms. The van der Waals surface area contributed by atoms with Crippen LogP contribution in [0.15, 0.2) is 36.4 Å². The number of rotatable bonds is 3. The Hall–Kier alpha value is -2.71. The third-order valence-electron chi connectivity index (χ3n) is 2.68. The zero-order valence-electron chi connectivity index (χ0n) is 10.4. The first-order valence-corrected chi connectivity index (χ1v) is 6.05. The van der Waals surface area contributed by atoms with E-state index in [1.807, 2.05) is 6.07 Å². The Morgan fingerprint density at radius 3 is 2.60 bits per heavy atom. The van der Waals surface area contributed by atoms with Crippen LogP contribution in [0.2, 0.25) is 5.02 Å².